The van der Waals surface area contributed by atoms with E-state index in [-0.39, 0.29) is 10.5 Å². The topological polar surface area (TPSA) is 25.4 Å². The molecule has 0 bridgehead atoms. The molecule has 2 aromatic rings. The van der Waals surface area contributed by atoms with Crippen molar-refractivity contribution in [1.29, 1.82) is 0 Å². The third-order valence-electron chi connectivity index (χ3n) is 3.41. The van der Waals surface area contributed by atoms with Crippen LogP contribution in [0.2, 0.25) is 5.02 Å². The second-order valence-corrected chi connectivity index (χ2v) is 5.17. The highest BCUT2D eigenvalue weighted by Gasteiger charge is 2.34. The Hall–Kier alpha value is -1.53. The highest BCUT2D eigenvalue weighted by Crippen LogP contribution is 2.36. The number of halogens is 4. The Balaban J connectivity index is 2.22. The number of hydrogen-bond acceptors (Lipinski definition) is 3. The molecule has 1 aliphatic rings. The van der Waals surface area contributed by atoms with Gasteiger partial charge in [-0.1, -0.05) is 23.7 Å². The fourth-order valence-electron chi connectivity index (χ4n) is 2.41. The van der Waals surface area contributed by atoms with Crippen molar-refractivity contribution < 1.29 is 17.9 Å². The Kier molecular flexibility index (Phi) is 3.67. The highest BCUT2D eigenvalue weighted by molar-refractivity contribution is 6.35. The van der Waals surface area contributed by atoms with Gasteiger partial charge in [-0.25, -0.2) is 4.98 Å². The van der Waals surface area contributed by atoms with E-state index in [0.717, 1.165) is 6.07 Å². The van der Waals surface area contributed by atoms with Gasteiger partial charge in [-0.05, 0) is 12.1 Å². The van der Waals surface area contributed by atoms with Gasteiger partial charge in [0, 0.05) is 24.2 Å². The van der Waals surface area contributed by atoms with Crippen molar-refractivity contribution in [3.63, 3.8) is 0 Å². The summed E-state index contributed by atoms with van der Waals surface area (Å²) in [5, 5.41) is 0.838. The number of rotatable bonds is 1. The summed E-state index contributed by atoms with van der Waals surface area (Å²) in [6.45, 7) is 2.07. The van der Waals surface area contributed by atoms with E-state index in [0.29, 0.717) is 37.4 Å². The van der Waals surface area contributed by atoms with E-state index in [4.69, 9.17) is 16.3 Å². The SMILES string of the molecule is FC(F)(F)c1cc(N2CCOCC2)c2cccc(Cl)c2n1. The van der Waals surface area contributed by atoms with Gasteiger partial charge in [0.15, 0.2) is 0 Å². The lowest BCUT2D eigenvalue weighted by Gasteiger charge is -2.30. The van der Waals surface area contributed by atoms with E-state index < -0.39 is 11.9 Å². The number of morpholine rings is 1. The molecule has 0 amide bonds. The van der Waals surface area contributed by atoms with Crippen molar-refractivity contribution in [2.75, 3.05) is 31.2 Å². The van der Waals surface area contributed by atoms with Gasteiger partial charge in [0.25, 0.3) is 0 Å². The van der Waals surface area contributed by atoms with Crippen molar-refractivity contribution >= 4 is 28.2 Å². The van der Waals surface area contributed by atoms with Gasteiger partial charge in [0.05, 0.1) is 23.8 Å². The van der Waals surface area contributed by atoms with Crippen LogP contribution in [0.15, 0.2) is 24.3 Å². The maximum Gasteiger partial charge on any atom is 0.433 e. The zero-order chi connectivity index (χ0) is 15.0. The summed E-state index contributed by atoms with van der Waals surface area (Å²) in [5.74, 6) is 0. The molecule has 21 heavy (non-hydrogen) atoms. The number of aromatic nitrogens is 1. The Morgan fingerprint density at radius 2 is 1.90 bits per heavy atom. The molecule has 1 fully saturated rings. The van der Waals surface area contributed by atoms with E-state index in [1.54, 1.807) is 18.2 Å². The zero-order valence-corrected chi connectivity index (χ0v) is 11.7. The van der Waals surface area contributed by atoms with Crippen molar-refractivity contribution in [2.45, 2.75) is 6.18 Å². The Morgan fingerprint density at radius 3 is 2.57 bits per heavy atom. The van der Waals surface area contributed by atoms with E-state index in [2.05, 4.69) is 4.98 Å². The van der Waals surface area contributed by atoms with Crippen LogP contribution in [0.25, 0.3) is 10.9 Å². The van der Waals surface area contributed by atoms with Crippen LogP contribution in [0.4, 0.5) is 18.9 Å². The summed E-state index contributed by atoms with van der Waals surface area (Å²) in [6.07, 6.45) is -4.51. The molecule has 3 nitrogen and oxygen atoms in total. The monoisotopic (exact) mass is 316 g/mol. The Bertz CT molecular complexity index is 669. The smallest absolute Gasteiger partial charge is 0.378 e. The van der Waals surface area contributed by atoms with Gasteiger partial charge in [0.1, 0.15) is 5.69 Å². The van der Waals surface area contributed by atoms with E-state index in [1.165, 1.54) is 0 Å². The fourth-order valence-corrected chi connectivity index (χ4v) is 2.62. The predicted molar refractivity (Wildman–Crippen MR) is 74.8 cm³/mol. The lowest BCUT2D eigenvalue weighted by Crippen LogP contribution is -2.36. The van der Waals surface area contributed by atoms with Crippen molar-refractivity contribution in [3.8, 4) is 0 Å². The number of pyridine rings is 1. The number of nitrogens with zero attached hydrogens (tertiary/aromatic N) is 2. The van der Waals surface area contributed by atoms with Gasteiger partial charge in [-0.15, -0.1) is 0 Å². The van der Waals surface area contributed by atoms with Crippen molar-refractivity contribution in [3.05, 3.63) is 35.0 Å². The van der Waals surface area contributed by atoms with Crippen LogP contribution in [0.3, 0.4) is 0 Å². The molecule has 0 radical (unpaired) electrons. The summed E-state index contributed by atoms with van der Waals surface area (Å²) in [6, 6.07) is 6.08. The number of alkyl halides is 3. The van der Waals surface area contributed by atoms with E-state index in [1.807, 2.05) is 4.90 Å². The quantitative estimate of drug-likeness (QED) is 0.801. The van der Waals surface area contributed by atoms with E-state index >= 15 is 0 Å². The second-order valence-electron chi connectivity index (χ2n) is 4.76. The van der Waals surface area contributed by atoms with Crippen LogP contribution in [-0.2, 0) is 10.9 Å². The predicted octanol–water partition coefficient (Wildman–Crippen LogP) is 3.74. The Morgan fingerprint density at radius 1 is 1.19 bits per heavy atom. The molecule has 7 heteroatoms. The minimum Gasteiger partial charge on any atom is -0.378 e. The highest BCUT2D eigenvalue weighted by atomic mass is 35.5. The molecule has 0 spiro atoms. The summed E-state index contributed by atoms with van der Waals surface area (Å²) in [7, 11) is 0. The molecule has 0 unspecified atom stereocenters. The van der Waals surface area contributed by atoms with Gasteiger partial charge in [-0.2, -0.15) is 13.2 Å². The standard InChI is InChI=1S/C14H12ClF3N2O/c15-10-3-1-2-9-11(20-4-6-21-7-5-20)8-12(14(16,17)18)19-13(9)10/h1-3,8H,4-7H2. The average molecular weight is 317 g/mol. The van der Waals surface area contributed by atoms with Gasteiger partial charge >= 0.3 is 6.18 Å². The molecule has 0 N–H and O–H groups in total. The minimum absolute atomic E-state index is 0.176. The normalized spacial score (nSPS) is 16.5. The number of benzene rings is 1. The van der Waals surface area contributed by atoms with Crippen LogP contribution < -0.4 is 4.90 Å². The number of fused-ring (bicyclic) bond motifs is 1. The van der Waals surface area contributed by atoms with Crippen LogP contribution in [0.5, 0.6) is 0 Å². The first-order chi connectivity index (χ1) is 9.97. The zero-order valence-electron chi connectivity index (χ0n) is 11.0. The molecule has 1 saturated heterocycles. The molecule has 2 heterocycles. The summed E-state index contributed by atoms with van der Waals surface area (Å²) < 4.78 is 44.4. The first-order valence-electron chi connectivity index (χ1n) is 6.46. The third-order valence-corrected chi connectivity index (χ3v) is 3.72. The van der Waals surface area contributed by atoms with Crippen LogP contribution in [0.1, 0.15) is 5.69 Å². The van der Waals surface area contributed by atoms with Crippen molar-refractivity contribution in [2.24, 2.45) is 0 Å². The first-order valence-corrected chi connectivity index (χ1v) is 6.84. The maximum atomic E-state index is 13.0. The third kappa shape index (κ3) is 2.78. The number of anilines is 1. The molecule has 1 aromatic heterocycles. The molecule has 0 atom stereocenters. The fraction of sp³-hybridized carbons (Fsp3) is 0.357. The molecule has 1 aliphatic heterocycles. The molecule has 0 aliphatic carbocycles. The summed E-state index contributed by atoms with van der Waals surface area (Å²) >= 11 is 6.02. The number of para-hydroxylation sites is 1. The largest absolute Gasteiger partial charge is 0.433 e. The molecular weight excluding hydrogens is 305 g/mol. The van der Waals surface area contributed by atoms with Crippen molar-refractivity contribution in [1.82, 2.24) is 4.98 Å². The number of ether oxygens (including phenoxy) is 1. The first kappa shape index (κ1) is 14.4. The van der Waals surface area contributed by atoms with Gasteiger partial charge < -0.3 is 9.64 Å². The van der Waals surface area contributed by atoms with Crippen LogP contribution in [0, 0.1) is 0 Å². The molecule has 0 saturated carbocycles. The molecule has 3 rings (SSSR count). The molecule has 112 valence electrons. The number of hydrogen-bond donors (Lipinski definition) is 0. The summed E-state index contributed by atoms with van der Waals surface area (Å²) in [5.41, 5.74) is -0.252. The molecular formula is C14H12ClF3N2O. The van der Waals surface area contributed by atoms with E-state index in [9.17, 15) is 13.2 Å². The van der Waals surface area contributed by atoms with Crippen LogP contribution >= 0.6 is 11.6 Å². The second kappa shape index (κ2) is 5.35. The minimum atomic E-state index is -4.51. The van der Waals surface area contributed by atoms with Crippen LogP contribution in [-0.4, -0.2) is 31.3 Å². The lowest BCUT2D eigenvalue weighted by atomic mass is 10.1. The Labute approximate surface area is 124 Å². The van der Waals surface area contributed by atoms with Gasteiger partial charge in [-0.3, -0.25) is 0 Å². The average Bonchev–Trinajstić information content (AvgIpc) is 2.47. The summed E-state index contributed by atoms with van der Waals surface area (Å²) in [4.78, 5) is 5.56. The molecule has 1 aromatic carbocycles. The lowest BCUT2D eigenvalue weighted by molar-refractivity contribution is -0.140. The van der Waals surface area contributed by atoms with Gasteiger partial charge in [0.2, 0.25) is 0 Å². The maximum absolute atomic E-state index is 13.0.